The minimum atomic E-state index is -0.919. The normalized spacial score (nSPS) is 10.8. The first-order valence-corrected chi connectivity index (χ1v) is 9.69. The average molecular weight is 433 g/mol. The van der Waals surface area contributed by atoms with Gasteiger partial charge in [0.2, 0.25) is 11.3 Å². The molecule has 160 valence electrons. The third-order valence-electron chi connectivity index (χ3n) is 4.86. The van der Waals surface area contributed by atoms with Gasteiger partial charge in [0.15, 0.2) is 5.78 Å². The molecule has 0 fully saturated rings. The molecule has 0 atom stereocenters. The van der Waals surface area contributed by atoms with Crippen molar-refractivity contribution in [2.24, 2.45) is 0 Å². The van der Waals surface area contributed by atoms with Crippen LogP contribution in [0.2, 0.25) is 0 Å². The van der Waals surface area contributed by atoms with Gasteiger partial charge in [0.1, 0.15) is 23.8 Å². The highest BCUT2D eigenvalue weighted by molar-refractivity contribution is 6.10. The van der Waals surface area contributed by atoms with Gasteiger partial charge < -0.3 is 9.88 Å². The Morgan fingerprint density at radius 3 is 2.50 bits per heavy atom. The van der Waals surface area contributed by atoms with E-state index in [9.17, 15) is 23.2 Å². The van der Waals surface area contributed by atoms with Crippen molar-refractivity contribution in [2.45, 2.75) is 13.5 Å². The fourth-order valence-electron chi connectivity index (χ4n) is 3.32. The molecule has 0 radical (unpaired) electrons. The van der Waals surface area contributed by atoms with Crippen molar-refractivity contribution < 1.29 is 18.4 Å². The Morgan fingerprint density at radius 2 is 1.78 bits per heavy atom. The first kappa shape index (κ1) is 21.0. The van der Waals surface area contributed by atoms with Crippen LogP contribution in [0.5, 0.6) is 0 Å². The second-order valence-corrected chi connectivity index (χ2v) is 7.19. The Hall–Kier alpha value is -4.20. The van der Waals surface area contributed by atoms with Crippen LogP contribution in [0.25, 0.3) is 11.0 Å². The number of carbonyl (C=O) groups excluding carboxylic acids is 2. The zero-order valence-electron chi connectivity index (χ0n) is 16.9. The van der Waals surface area contributed by atoms with Gasteiger partial charge in [0, 0.05) is 23.5 Å². The van der Waals surface area contributed by atoms with E-state index < -0.39 is 28.8 Å². The lowest BCUT2D eigenvalue weighted by molar-refractivity contribution is -0.116. The molecule has 4 rings (SSSR count). The summed E-state index contributed by atoms with van der Waals surface area (Å²) in [7, 11) is 0. The van der Waals surface area contributed by atoms with Gasteiger partial charge in [0.05, 0.1) is 16.6 Å². The van der Waals surface area contributed by atoms with Crippen molar-refractivity contribution in [1.29, 1.82) is 0 Å². The van der Waals surface area contributed by atoms with Gasteiger partial charge in [-0.15, -0.1) is 0 Å². The Labute approximate surface area is 181 Å². The Bertz CT molecular complexity index is 1420. The number of benzene rings is 2. The maximum Gasteiger partial charge on any atom is 0.244 e. The molecular formula is C24H17F2N3O3. The summed E-state index contributed by atoms with van der Waals surface area (Å²) < 4.78 is 28.4. The molecule has 1 N–H and O–H groups in total. The first-order valence-electron chi connectivity index (χ1n) is 9.69. The molecule has 0 bridgehead atoms. The van der Waals surface area contributed by atoms with Crippen molar-refractivity contribution >= 4 is 28.4 Å². The Balaban J connectivity index is 1.76. The SMILES string of the molecule is Cc1ccc2c(=O)c(C(=O)c3ccccc3)cn(CC(=O)Nc3ccc(F)cc3F)c2n1. The molecular weight excluding hydrogens is 416 g/mol. The third-order valence-corrected chi connectivity index (χ3v) is 4.86. The smallest absolute Gasteiger partial charge is 0.244 e. The lowest BCUT2D eigenvalue weighted by Crippen LogP contribution is -2.25. The maximum atomic E-state index is 13.9. The molecule has 0 aliphatic rings. The van der Waals surface area contributed by atoms with Gasteiger partial charge in [-0.3, -0.25) is 14.4 Å². The maximum absolute atomic E-state index is 13.9. The number of hydrogen-bond donors (Lipinski definition) is 1. The summed E-state index contributed by atoms with van der Waals surface area (Å²) in [5, 5.41) is 2.55. The monoisotopic (exact) mass is 433 g/mol. The zero-order chi connectivity index (χ0) is 22.8. The largest absolute Gasteiger partial charge is 0.322 e. The fourth-order valence-corrected chi connectivity index (χ4v) is 3.32. The number of fused-ring (bicyclic) bond motifs is 1. The van der Waals surface area contributed by atoms with Gasteiger partial charge in [-0.1, -0.05) is 30.3 Å². The molecule has 0 unspecified atom stereocenters. The van der Waals surface area contributed by atoms with Crippen LogP contribution in [-0.4, -0.2) is 21.2 Å². The van der Waals surface area contributed by atoms with Gasteiger partial charge in [-0.05, 0) is 31.2 Å². The van der Waals surface area contributed by atoms with E-state index in [1.807, 2.05) is 0 Å². The second kappa shape index (κ2) is 8.50. The highest BCUT2D eigenvalue weighted by Gasteiger charge is 2.19. The van der Waals surface area contributed by atoms with Crippen LogP contribution in [0.4, 0.5) is 14.5 Å². The molecule has 0 spiro atoms. The summed E-state index contributed by atoms with van der Waals surface area (Å²) >= 11 is 0. The van der Waals surface area contributed by atoms with E-state index in [1.54, 1.807) is 49.4 Å². The second-order valence-electron chi connectivity index (χ2n) is 7.19. The molecule has 0 aliphatic carbocycles. The van der Waals surface area contributed by atoms with Crippen molar-refractivity contribution in [3.8, 4) is 0 Å². The van der Waals surface area contributed by atoms with E-state index in [-0.39, 0.29) is 28.8 Å². The van der Waals surface area contributed by atoms with Gasteiger partial charge in [0.25, 0.3) is 0 Å². The Kier molecular flexibility index (Phi) is 5.59. The molecule has 0 saturated heterocycles. The van der Waals surface area contributed by atoms with E-state index in [2.05, 4.69) is 10.3 Å². The molecule has 6 nitrogen and oxygen atoms in total. The molecule has 1 amide bonds. The van der Waals surface area contributed by atoms with Crippen LogP contribution < -0.4 is 10.7 Å². The van der Waals surface area contributed by atoms with Gasteiger partial charge in [-0.25, -0.2) is 13.8 Å². The van der Waals surface area contributed by atoms with Crippen LogP contribution in [0.3, 0.4) is 0 Å². The fraction of sp³-hybridized carbons (Fsp3) is 0.0833. The van der Waals surface area contributed by atoms with E-state index in [0.29, 0.717) is 17.3 Å². The number of carbonyl (C=O) groups is 2. The van der Waals surface area contributed by atoms with Crippen LogP contribution in [0, 0.1) is 18.6 Å². The number of rotatable bonds is 5. The van der Waals surface area contributed by atoms with Gasteiger partial charge in [-0.2, -0.15) is 0 Å². The number of pyridine rings is 2. The summed E-state index contributed by atoms with van der Waals surface area (Å²) in [6, 6.07) is 14.3. The zero-order valence-corrected chi connectivity index (χ0v) is 16.9. The molecule has 2 heterocycles. The number of hydrogen-bond acceptors (Lipinski definition) is 4. The van der Waals surface area contributed by atoms with Crippen molar-refractivity contribution in [2.75, 3.05) is 5.32 Å². The summed E-state index contributed by atoms with van der Waals surface area (Å²) in [4.78, 5) is 42.9. The van der Waals surface area contributed by atoms with Crippen molar-refractivity contribution in [3.63, 3.8) is 0 Å². The van der Waals surface area contributed by atoms with Crippen LogP contribution >= 0.6 is 0 Å². The number of anilines is 1. The topological polar surface area (TPSA) is 81.1 Å². The number of nitrogens with zero attached hydrogens (tertiary/aromatic N) is 2. The van der Waals surface area contributed by atoms with E-state index in [1.165, 1.54) is 10.8 Å². The highest BCUT2D eigenvalue weighted by Crippen LogP contribution is 2.17. The minimum Gasteiger partial charge on any atom is -0.322 e. The van der Waals surface area contributed by atoms with Crippen molar-refractivity contribution in [1.82, 2.24) is 9.55 Å². The number of ketones is 1. The molecule has 0 aliphatic heterocycles. The lowest BCUT2D eigenvalue weighted by Gasteiger charge is -2.13. The number of amides is 1. The summed E-state index contributed by atoms with van der Waals surface area (Å²) in [5.74, 6) is -2.81. The van der Waals surface area contributed by atoms with Crippen LogP contribution in [0.15, 0.2) is 71.7 Å². The number of aromatic nitrogens is 2. The minimum absolute atomic E-state index is 0.116. The number of nitrogens with one attached hydrogen (secondary N) is 1. The number of aryl methyl sites for hydroxylation is 1. The Morgan fingerprint density at radius 1 is 1.03 bits per heavy atom. The third kappa shape index (κ3) is 4.15. The van der Waals surface area contributed by atoms with E-state index in [0.717, 1.165) is 12.1 Å². The summed E-state index contributed by atoms with van der Waals surface area (Å²) in [6.45, 7) is 1.38. The first-order chi connectivity index (χ1) is 15.3. The molecule has 4 aromatic rings. The predicted molar refractivity (Wildman–Crippen MR) is 116 cm³/mol. The van der Waals surface area contributed by atoms with Crippen molar-refractivity contribution in [3.05, 3.63) is 106 Å². The predicted octanol–water partition coefficient (Wildman–Crippen LogP) is 3.85. The molecule has 32 heavy (non-hydrogen) atoms. The lowest BCUT2D eigenvalue weighted by atomic mass is 10.0. The van der Waals surface area contributed by atoms with Crippen LogP contribution in [-0.2, 0) is 11.3 Å². The van der Waals surface area contributed by atoms with E-state index in [4.69, 9.17) is 0 Å². The summed E-state index contributed by atoms with van der Waals surface area (Å²) in [5.41, 5.74) is 0.352. The average Bonchev–Trinajstić information content (AvgIpc) is 2.77. The van der Waals surface area contributed by atoms with E-state index >= 15 is 0 Å². The molecule has 2 aromatic carbocycles. The molecule has 0 saturated carbocycles. The van der Waals surface area contributed by atoms with Gasteiger partial charge >= 0.3 is 0 Å². The summed E-state index contributed by atoms with van der Waals surface area (Å²) in [6.07, 6.45) is 1.28. The number of halogens is 2. The van der Waals surface area contributed by atoms with Crippen LogP contribution in [0.1, 0.15) is 21.6 Å². The molecule has 2 aromatic heterocycles. The molecule has 8 heteroatoms. The quantitative estimate of drug-likeness (QED) is 0.485. The highest BCUT2D eigenvalue weighted by atomic mass is 19.1. The standard InChI is InChI=1S/C24H17F2N3O3/c1-14-7-9-17-23(32)18(22(31)15-5-3-2-4-6-15)12-29(24(17)27-14)13-21(30)28-20-10-8-16(25)11-19(20)26/h2-12H,13H2,1H3,(H,28,30).